The molecule has 0 aromatic heterocycles. The van der Waals surface area contributed by atoms with Gasteiger partial charge in [-0.2, -0.15) is 11.8 Å². The second kappa shape index (κ2) is 6.25. The van der Waals surface area contributed by atoms with E-state index in [-0.39, 0.29) is 0 Å². The summed E-state index contributed by atoms with van der Waals surface area (Å²) in [6.07, 6.45) is 6.67. The van der Waals surface area contributed by atoms with Crippen molar-refractivity contribution in [3.63, 3.8) is 0 Å². The zero-order valence-electron chi connectivity index (χ0n) is 8.13. The topological polar surface area (TPSA) is 17.1 Å². The molecule has 1 nitrogen and oxygen atoms in total. The standard InChI is InChI=1S/C11H18OS/c1-2-3-4-11(12)9-10-5-7-13-8-6-10/h2,10H,1,3-9H2. The minimum Gasteiger partial charge on any atom is -0.300 e. The summed E-state index contributed by atoms with van der Waals surface area (Å²) >= 11 is 2.02. The van der Waals surface area contributed by atoms with Gasteiger partial charge in [-0.05, 0) is 36.7 Å². The highest BCUT2D eigenvalue weighted by molar-refractivity contribution is 7.99. The number of thioether (sulfide) groups is 1. The molecule has 1 rings (SSSR count). The lowest BCUT2D eigenvalue weighted by atomic mass is 9.95. The monoisotopic (exact) mass is 198 g/mol. The zero-order valence-corrected chi connectivity index (χ0v) is 8.94. The van der Waals surface area contributed by atoms with E-state index in [1.165, 1.54) is 24.3 Å². The van der Waals surface area contributed by atoms with Gasteiger partial charge in [0.05, 0.1) is 0 Å². The van der Waals surface area contributed by atoms with Crippen molar-refractivity contribution in [3.05, 3.63) is 12.7 Å². The molecule has 1 heterocycles. The zero-order chi connectivity index (χ0) is 9.52. The summed E-state index contributed by atoms with van der Waals surface area (Å²) in [5, 5.41) is 0. The highest BCUT2D eigenvalue weighted by Gasteiger charge is 2.16. The number of hydrogen-bond acceptors (Lipinski definition) is 2. The molecule has 0 bridgehead atoms. The van der Waals surface area contributed by atoms with Crippen LogP contribution in [0.4, 0.5) is 0 Å². The number of carbonyl (C=O) groups excluding carboxylic acids is 1. The second-order valence-corrected chi connectivity index (χ2v) is 4.85. The van der Waals surface area contributed by atoms with E-state index in [0.29, 0.717) is 18.1 Å². The van der Waals surface area contributed by atoms with Gasteiger partial charge < -0.3 is 0 Å². The lowest BCUT2D eigenvalue weighted by Crippen LogP contribution is -2.14. The Balaban J connectivity index is 2.14. The first-order chi connectivity index (χ1) is 6.33. The molecule has 1 fully saturated rings. The number of allylic oxidation sites excluding steroid dienone is 1. The maximum Gasteiger partial charge on any atom is 0.133 e. The van der Waals surface area contributed by atoms with Crippen molar-refractivity contribution < 1.29 is 4.79 Å². The molecule has 1 aliphatic rings. The summed E-state index contributed by atoms with van der Waals surface area (Å²) < 4.78 is 0. The Morgan fingerprint density at radius 3 is 2.77 bits per heavy atom. The summed E-state index contributed by atoms with van der Waals surface area (Å²) in [5.74, 6) is 3.61. The molecule has 74 valence electrons. The molecule has 0 aromatic carbocycles. The SMILES string of the molecule is C=CCCC(=O)CC1CCSCC1. The van der Waals surface area contributed by atoms with Crippen LogP contribution in [0, 0.1) is 5.92 Å². The van der Waals surface area contributed by atoms with E-state index in [9.17, 15) is 4.79 Å². The van der Waals surface area contributed by atoms with Crippen LogP contribution in [-0.2, 0) is 4.79 Å². The number of rotatable bonds is 5. The maximum absolute atomic E-state index is 11.4. The molecule has 1 saturated heterocycles. The van der Waals surface area contributed by atoms with Gasteiger partial charge in [0.1, 0.15) is 5.78 Å². The van der Waals surface area contributed by atoms with E-state index in [2.05, 4.69) is 6.58 Å². The molecule has 0 saturated carbocycles. The predicted molar refractivity (Wildman–Crippen MR) is 59.1 cm³/mol. The molecule has 0 unspecified atom stereocenters. The molecule has 0 spiro atoms. The van der Waals surface area contributed by atoms with Gasteiger partial charge in [0, 0.05) is 12.8 Å². The minimum absolute atomic E-state index is 0.428. The van der Waals surface area contributed by atoms with Gasteiger partial charge in [-0.1, -0.05) is 6.08 Å². The van der Waals surface area contributed by atoms with Gasteiger partial charge in [0.15, 0.2) is 0 Å². The van der Waals surface area contributed by atoms with E-state index < -0.39 is 0 Å². The Morgan fingerprint density at radius 2 is 2.15 bits per heavy atom. The third kappa shape index (κ3) is 4.51. The molecular weight excluding hydrogens is 180 g/mol. The van der Waals surface area contributed by atoms with Crippen molar-refractivity contribution in [3.8, 4) is 0 Å². The van der Waals surface area contributed by atoms with Crippen LogP contribution in [0.1, 0.15) is 32.1 Å². The summed E-state index contributed by atoms with van der Waals surface area (Å²) in [7, 11) is 0. The third-order valence-corrected chi connectivity index (χ3v) is 3.53. The van der Waals surface area contributed by atoms with Gasteiger partial charge in [0.2, 0.25) is 0 Å². The fourth-order valence-corrected chi connectivity index (χ4v) is 2.84. The largest absolute Gasteiger partial charge is 0.300 e. The Labute approximate surface area is 85.0 Å². The molecule has 0 radical (unpaired) electrons. The third-order valence-electron chi connectivity index (χ3n) is 2.48. The van der Waals surface area contributed by atoms with Crippen molar-refractivity contribution in [2.45, 2.75) is 32.1 Å². The molecule has 0 aliphatic carbocycles. The number of carbonyl (C=O) groups is 1. The van der Waals surface area contributed by atoms with E-state index in [1.807, 2.05) is 17.8 Å². The first-order valence-corrected chi connectivity index (χ1v) is 6.18. The maximum atomic E-state index is 11.4. The van der Waals surface area contributed by atoms with Gasteiger partial charge in [-0.3, -0.25) is 4.79 Å². The Kier molecular flexibility index (Phi) is 5.21. The lowest BCUT2D eigenvalue weighted by Gasteiger charge is -2.20. The van der Waals surface area contributed by atoms with Gasteiger partial charge in [-0.15, -0.1) is 6.58 Å². The summed E-state index contributed by atoms with van der Waals surface area (Å²) in [6.45, 7) is 3.62. The summed E-state index contributed by atoms with van der Waals surface area (Å²) in [5.41, 5.74) is 0. The molecule has 0 aromatic rings. The molecule has 0 amide bonds. The quantitative estimate of drug-likeness (QED) is 0.632. The first kappa shape index (κ1) is 10.8. The van der Waals surface area contributed by atoms with E-state index in [4.69, 9.17) is 0 Å². The molecule has 13 heavy (non-hydrogen) atoms. The van der Waals surface area contributed by atoms with Crippen LogP contribution in [-0.4, -0.2) is 17.3 Å². The summed E-state index contributed by atoms with van der Waals surface area (Å²) in [6, 6.07) is 0. The molecule has 2 heteroatoms. The van der Waals surface area contributed by atoms with Crippen LogP contribution < -0.4 is 0 Å². The van der Waals surface area contributed by atoms with Crippen LogP contribution in [0.25, 0.3) is 0 Å². The number of hydrogen-bond donors (Lipinski definition) is 0. The minimum atomic E-state index is 0.428. The number of Topliss-reactive ketones (excluding diaryl/α,β-unsaturated/α-hetero) is 1. The van der Waals surface area contributed by atoms with Gasteiger partial charge >= 0.3 is 0 Å². The molecule has 1 aliphatic heterocycles. The highest BCUT2D eigenvalue weighted by Crippen LogP contribution is 2.25. The Morgan fingerprint density at radius 1 is 1.46 bits per heavy atom. The average Bonchev–Trinajstić information content (AvgIpc) is 2.16. The van der Waals surface area contributed by atoms with E-state index in [1.54, 1.807) is 0 Å². The van der Waals surface area contributed by atoms with Crippen molar-refractivity contribution in [2.75, 3.05) is 11.5 Å². The second-order valence-electron chi connectivity index (χ2n) is 3.63. The van der Waals surface area contributed by atoms with Crippen LogP contribution in [0.5, 0.6) is 0 Å². The first-order valence-electron chi connectivity index (χ1n) is 5.03. The molecular formula is C11H18OS. The van der Waals surface area contributed by atoms with Crippen LogP contribution >= 0.6 is 11.8 Å². The van der Waals surface area contributed by atoms with Crippen LogP contribution in [0.15, 0.2) is 12.7 Å². The fourth-order valence-electron chi connectivity index (χ4n) is 1.64. The van der Waals surface area contributed by atoms with E-state index in [0.717, 1.165) is 12.8 Å². The van der Waals surface area contributed by atoms with E-state index >= 15 is 0 Å². The normalized spacial score (nSPS) is 18.5. The summed E-state index contributed by atoms with van der Waals surface area (Å²) in [4.78, 5) is 11.4. The predicted octanol–water partition coefficient (Wildman–Crippen LogP) is 3.06. The van der Waals surface area contributed by atoms with Crippen molar-refractivity contribution in [2.24, 2.45) is 5.92 Å². The smallest absolute Gasteiger partial charge is 0.133 e. The fraction of sp³-hybridized carbons (Fsp3) is 0.727. The van der Waals surface area contributed by atoms with Crippen LogP contribution in [0.2, 0.25) is 0 Å². The lowest BCUT2D eigenvalue weighted by molar-refractivity contribution is -0.119. The van der Waals surface area contributed by atoms with Gasteiger partial charge in [-0.25, -0.2) is 0 Å². The van der Waals surface area contributed by atoms with Crippen molar-refractivity contribution in [1.82, 2.24) is 0 Å². The average molecular weight is 198 g/mol. The van der Waals surface area contributed by atoms with Crippen molar-refractivity contribution >= 4 is 17.5 Å². The Bertz CT molecular complexity index is 171. The molecule has 0 atom stereocenters. The molecule has 0 N–H and O–H groups in total. The van der Waals surface area contributed by atoms with Crippen LogP contribution in [0.3, 0.4) is 0 Å². The highest BCUT2D eigenvalue weighted by atomic mass is 32.2. The Hall–Kier alpha value is -0.240. The van der Waals surface area contributed by atoms with Crippen molar-refractivity contribution in [1.29, 1.82) is 0 Å². The van der Waals surface area contributed by atoms with Gasteiger partial charge in [0.25, 0.3) is 0 Å². The number of ketones is 1.